The number of aryl methyl sites for hydroxylation is 1. The molecular formula is C8H13N3O3. The highest BCUT2D eigenvalue weighted by Crippen LogP contribution is 1.97. The molecule has 0 aliphatic heterocycles. The number of carboxylic acid groups (broad SMARTS) is 1. The molecular weight excluding hydrogens is 186 g/mol. The highest BCUT2D eigenvalue weighted by molar-refractivity contribution is 5.72. The van der Waals surface area contributed by atoms with Crippen LogP contribution in [-0.2, 0) is 17.8 Å². The topological polar surface area (TPSA) is 88.2 Å². The predicted octanol–water partition coefficient (Wildman–Crippen LogP) is 0.195. The predicted molar refractivity (Wildman–Crippen MR) is 47.6 cm³/mol. The molecule has 0 fully saturated rings. The van der Waals surface area contributed by atoms with E-state index in [-0.39, 0.29) is 6.54 Å². The highest BCUT2D eigenvalue weighted by Gasteiger charge is 2.11. The van der Waals surface area contributed by atoms with E-state index in [1.807, 2.05) is 6.92 Å². The Morgan fingerprint density at radius 2 is 2.43 bits per heavy atom. The molecule has 0 aromatic carbocycles. The van der Waals surface area contributed by atoms with Gasteiger partial charge in [-0.1, -0.05) is 12.1 Å². The largest absolute Gasteiger partial charge is 0.480 e. The van der Waals surface area contributed by atoms with Gasteiger partial charge in [0.2, 0.25) is 5.89 Å². The van der Waals surface area contributed by atoms with E-state index in [1.165, 1.54) is 0 Å². The molecule has 78 valence electrons. The lowest BCUT2D eigenvalue weighted by molar-refractivity contribution is -0.139. The normalized spacial score (nSPS) is 12.7. The second-order valence-electron chi connectivity index (χ2n) is 2.90. The van der Waals surface area contributed by atoms with Crippen LogP contribution in [0.5, 0.6) is 0 Å². The Hall–Kier alpha value is -1.43. The first-order valence-corrected chi connectivity index (χ1v) is 4.41. The van der Waals surface area contributed by atoms with Gasteiger partial charge >= 0.3 is 5.97 Å². The molecule has 0 aliphatic carbocycles. The fourth-order valence-electron chi connectivity index (χ4n) is 0.833. The summed E-state index contributed by atoms with van der Waals surface area (Å²) in [4.78, 5) is 14.5. The van der Waals surface area contributed by atoms with Crippen molar-refractivity contribution in [2.24, 2.45) is 0 Å². The number of hydrogen-bond acceptors (Lipinski definition) is 5. The van der Waals surface area contributed by atoms with Crippen molar-refractivity contribution in [1.29, 1.82) is 0 Å². The first-order chi connectivity index (χ1) is 6.63. The molecule has 0 amide bonds. The number of nitrogens with zero attached hydrogens (tertiary/aromatic N) is 2. The van der Waals surface area contributed by atoms with Gasteiger partial charge in [-0.25, -0.2) is 0 Å². The van der Waals surface area contributed by atoms with Crippen molar-refractivity contribution in [3.63, 3.8) is 0 Å². The minimum atomic E-state index is -0.903. The van der Waals surface area contributed by atoms with Crippen LogP contribution in [0.15, 0.2) is 4.52 Å². The van der Waals surface area contributed by atoms with Crippen LogP contribution in [0.25, 0.3) is 0 Å². The average Bonchev–Trinajstić information content (AvgIpc) is 2.61. The van der Waals surface area contributed by atoms with E-state index in [2.05, 4.69) is 15.5 Å². The summed E-state index contributed by atoms with van der Waals surface area (Å²) < 4.78 is 4.87. The molecule has 1 atom stereocenters. The first-order valence-electron chi connectivity index (χ1n) is 4.41. The fraction of sp³-hybridized carbons (Fsp3) is 0.625. The lowest BCUT2D eigenvalue weighted by Crippen LogP contribution is -2.33. The van der Waals surface area contributed by atoms with Crippen LogP contribution in [0.4, 0.5) is 0 Å². The van der Waals surface area contributed by atoms with Crippen molar-refractivity contribution in [3.05, 3.63) is 11.7 Å². The van der Waals surface area contributed by atoms with Crippen molar-refractivity contribution >= 4 is 5.97 Å². The zero-order chi connectivity index (χ0) is 10.6. The summed E-state index contributed by atoms with van der Waals surface area (Å²) in [6, 6.07) is -0.619. The quantitative estimate of drug-likeness (QED) is 0.704. The number of carboxylic acids is 1. The van der Waals surface area contributed by atoms with Gasteiger partial charge in [-0.15, -0.1) is 0 Å². The molecule has 1 heterocycles. The Morgan fingerprint density at radius 1 is 1.71 bits per heavy atom. The van der Waals surface area contributed by atoms with E-state index >= 15 is 0 Å². The van der Waals surface area contributed by atoms with Gasteiger partial charge in [-0.2, -0.15) is 4.98 Å². The van der Waals surface area contributed by atoms with E-state index in [0.29, 0.717) is 18.1 Å². The van der Waals surface area contributed by atoms with E-state index in [0.717, 1.165) is 0 Å². The molecule has 2 N–H and O–H groups in total. The number of aromatic nitrogens is 2. The fourth-order valence-corrected chi connectivity index (χ4v) is 0.833. The molecule has 1 aromatic heterocycles. The maximum Gasteiger partial charge on any atom is 0.320 e. The van der Waals surface area contributed by atoms with Crippen LogP contribution in [-0.4, -0.2) is 27.3 Å². The number of aliphatic carboxylic acids is 1. The Bertz CT molecular complexity index is 311. The molecule has 0 spiro atoms. The Labute approximate surface area is 81.3 Å². The summed E-state index contributed by atoms with van der Waals surface area (Å²) in [6.45, 7) is 3.75. The van der Waals surface area contributed by atoms with E-state index in [4.69, 9.17) is 9.63 Å². The molecule has 14 heavy (non-hydrogen) atoms. The van der Waals surface area contributed by atoms with Gasteiger partial charge in [-0.05, 0) is 6.92 Å². The van der Waals surface area contributed by atoms with Crippen LogP contribution < -0.4 is 5.32 Å². The number of nitrogens with one attached hydrogen (secondary N) is 1. The van der Waals surface area contributed by atoms with Crippen LogP contribution in [0.2, 0.25) is 0 Å². The molecule has 1 aromatic rings. The highest BCUT2D eigenvalue weighted by atomic mass is 16.5. The molecule has 0 unspecified atom stereocenters. The van der Waals surface area contributed by atoms with Crippen LogP contribution in [0.1, 0.15) is 25.6 Å². The second kappa shape index (κ2) is 4.71. The van der Waals surface area contributed by atoms with Gasteiger partial charge in [0.05, 0.1) is 6.54 Å². The summed E-state index contributed by atoms with van der Waals surface area (Å²) in [5.74, 6) is 0.139. The zero-order valence-electron chi connectivity index (χ0n) is 8.15. The number of carbonyl (C=O) groups is 1. The maximum atomic E-state index is 10.5. The molecule has 0 radical (unpaired) electrons. The van der Waals surface area contributed by atoms with Gasteiger partial charge in [-0.3, -0.25) is 10.1 Å². The van der Waals surface area contributed by atoms with Crippen LogP contribution in [0.3, 0.4) is 0 Å². The lowest BCUT2D eigenvalue weighted by atomic mass is 10.3. The van der Waals surface area contributed by atoms with Gasteiger partial charge < -0.3 is 9.63 Å². The number of rotatable bonds is 5. The summed E-state index contributed by atoms with van der Waals surface area (Å²) in [5, 5.41) is 15.0. The van der Waals surface area contributed by atoms with Crippen molar-refractivity contribution in [3.8, 4) is 0 Å². The lowest BCUT2D eigenvalue weighted by Gasteiger charge is -2.04. The van der Waals surface area contributed by atoms with E-state index in [9.17, 15) is 4.79 Å². The van der Waals surface area contributed by atoms with E-state index in [1.54, 1.807) is 6.92 Å². The minimum absolute atomic E-state index is 0.278. The smallest absolute Gasteiger partial charge is 0.320 e. The molecule has 6 heteroatoms. The van der Waals surface area contributed by atoms with Crippen molar-refractivity contribution in [2.75, 3.05) is 0 Å². The Morgan fingerprint density at radius 3 is 2.93 bits per heavy atom. The van der Waals surface area contributed by atoms with E-state index < -0.39 is 12.0 Å². The van der Waals surface area contributed by atoms with Crippen molar-refractivity contribution in [1.82, 2.24) is 15.5 Å². The Kier molecular flexibility index (Phi) is 3.58. The van der Waals surface area contributed by atoms with Crippen molar-refractivity contribution < 1.29 is 14.4 Å². The maximum absolute atomic E-state index is 10.5. The minimum Gasteiger partial charge on any atom is -0.480 e. The summed E-state index contributed by atoms with van der Waals surface area (Å²) >= 11 is 0. The molecule has 0 saturated heterocycles. The van der Waals surface area contributed by atoms with Gasteiger partial charge in [0.25, 0.3) is 0 Å². The molecule has 0 aliphatic rings. The molecule has 1 rings (SSSR count). The van der Waals surface area contributed by atoms with Gasteiger partial charge in [0.1, 0.15) is 6.04 Å². The summed E-state index contributed by atoms with van der Waals surface area (Å²) in [5.41, 5.74) is 0. The van der Waals surface area contributed by atoms with Gasteiger partial charge in [0, 0.05) is 6.42 Å². The monoisotopic (exact) mass is 199 g/mol. The third kappa shape index (κ3) is 2.81. The van der Waals surface area contributed by atoms with Crippen molar-refractivity contribution in [2.45, 2.75) is 32.9 Å². The Balaban J connectivity index is 2.41. The zero-order valence-corrected chi connectivity index (χ0v) is 8.15. The number of hydrogen-bond donors (Lipinski definition) is 2. The average molecular weight is 199 g/mol. The third-order valence-electron chi connectivity index (χ3n) is 1.76. The second-order valence-corrected chi connectivity index (χ2v) is 2.90. The van der Waals surface area contributed by atoms with Gasteiger partial charge in [0.15, 0.2) is 5.82 Å². The third-order valence-corrected chi connectivity index (χ3v) is 1.76. The molecule has 6 nitrogen and oxygen atoms in total. The molecule has 0 bridgehead atoms. The SMILES string of the molecule is CCc1noc(CN[C@H](C)C(=O)O)n1. The first kappa shape index (κ1) is 10.6. The summed E-state index contributed by atoms with van der Waals surface area (Å²) in [6.07, 6.45) is 0.706. The molecule has 0 saturated carbocycles. The van der Waals surface area contributed by atoms with Crippen LogP contribution >= 0.6 is 0 Å². The summed E-state index contributed by atoms with van der Waals surface area (Å²) in [7, 11) is 0. The van der Waals surface area contributed by atoms with Crippen LogP contribution in [0, 0.1) is 0 Å². The standard InChI is InChI=1S/C8H13N3O3/c1-3-6-10-7(14-11-6)4-9-5(2)8(12)13/h5,9H,3-4H2,1-2H3,(H,12,13)/t5-/m1/s1.